The quantitative estimate of drug-likeness (QED) is 0.364. The third-order valence-electron chi connectivity index (χ3n) is 5.17. The maximum Gasteiger partial charge on any atom is 0.416 e. The summed E-state index contributed by atoms with van der Waals surface area (Å²) in [6.07, 6.45) is -1.18. The fourth-order valence-electron chi connectivity index (χ4n) is 3.49. The molecule has 0 bridgehead atoms. The number of nitrogens with zero attached hydrogens (tertiary/aromatic N) is 5. The van der Waals surface area contributed by atoms with Crippen molar-refractivity contribution in [2.45, 2.75) is 6.18 Å². The van der Waals surface area contributed by atoms with Gasteiger partial charge in [-0.2, -0.15) is 22.8 Å². The fraction of sp³-hybridized carbons (Fsp3) is 0.0800. The monoisotopic (exact) mass is 490 g/mol. The van der Waals surface area contributed by atoms with Crippen LogP contribution >= 0.6 is 0 Å². The van der Waals surface area contributed by atoms with Gasteiger partial charge in [0.15, 0.2) is 18.1 Å². The zero-order chi connectivity index (χ0) is 25.1. The Morgan fingerprint density at radius 1 is 0.917 bits per heavy atom. The van der Waals surface area contributed by atoms with Crippen molar-refractivity contribution in [3.63, 3.8) is 0 Å². The van der Waals surface area contributed by atoms with Gasteiger partial charge in [-0.15, -0.1) is 10.2 Å². The van der Waals surface area contributed by atoms with Crippen LogP contribution in [-0.2, 0) is 11.0 Å². The highest BCUT2D eigenvalue weighted by Crippen LogP contribution is 2.31. The number of ether oxygens (including phenoxy) is 1. The van der Waals surface area contributed by atoms with E-state index in [1.165, 1.54) is 12.1 Å². The molecule has 2 aromatic carbocycles. The molecule has 0 fully saturated rings. The van der Waals surface area contributed by atoms with Crippen molar-refractivity contribution in [1.82, 2.24) is 24.8 Å². The van der Waals surface area contributed by atoms with Gasteiger partial charge in [0.25, 0.3) is 5.91 Å². The van der Waals surface area contributed by atoms with Crippen LogP contribution in [0.1, 0.15) is 5.56 Å². The predicted octanol–water partition coefficient (Wildman–Crippen LogP) is 4.89. The average Bonchev–Trinajstić information content (AvgIpc) is 3.31. The standard InChI is InChI=1S/C25H17F3N6O2/c26-25(27,28)18-4-2-6-20(14-18)36-15-23(35)30-19-5-1-3-17(13-19)21-7-8-22-31-32-24(34(22)33-21)16-9-11-29-12-10-16/h1-14H,15H2,(H,30,35). The molecule has 0 saturated carbocycles. The number of carbonyl (C=O) groups is 1. The first-order valence-electron chi connectivity index (χ1n) is 10.7. The molecule has 11 heteroatoms. The summed E-state index contributed by atoms with van der Waals surface area (Å²) in [6.45, 7) is -0.453. The number of nitrogens with one attached hydrogen (secondary N) is 1. The van der Waals surface area contributed by atoms with Crippen molar-refractivity contribution in [2.24, 2.45) is 0 Å². The van der Waals surface area contributed by atoms with Crippen LogP contribution in [0.3, 0.4) is 0 Å². The number of hydrogen-bond acceptors (Lipinski definition) is 6. The number of pyridine rings is 1. The fourth-order valence-corrected chi connectivity index (χ4v) is 3.49. The van der Waals surface area contributed by atoms with E-state index in [1.807, 2.05) is 18.2 Å². The van der Waals surface area contributed by atoms with Gasteiger partial charge in [-0.3, -0.25) is 9.78 Å². The second kappa shape index (κ2) is 9.45. The Labute approximate surface area is 202 Å². The predicted molar refractivity (Wildman–Crippen MR) is 125 cm³/mol. The lowest BCUT2D eigenvalue weighted by molar-refractivity contribution is -0.137. The summed E-state index contributed by atoms with van der Waals surface area (Å²) in [5.74, 6) is -0.0117. The van der Waals surface area contributed by atoms with Crippen LogP contribution in [-0.4, -0.2) is 37.3 Å². The number of alkyl halides is 3. The number of anilines is 1. The van der Waals surface area contributed by atoms with Gasteiger partial charge in [0.05, 0.1) is 11.3 Å². The number of benzene rings is 2. The molecule has 5 aromatic rings. The summed E-state index contributed by atoms with van der Waals surface area (Å²) in [6, 6.07) is 18.6. The first kappa shape index (κ1) is 23.0. The van der Waals surface area contributed by atoms with Gasteiger partial charge in [0, 0.05) is 29.2 Å². The highest BCUT2D eigenvalue weighted by molar-refractivity contribution is 5.92. The van der Waals surface area contributed by atoms with Crippen LogP contribution in [0.4, 0.5) is 18.9 Å². The number of hydrogen-bond donors (Lipinski definition) is 1. The van der Waals surface area contributed by atoms with Crippen LogP contribution in [0.25, 0.3) is 28.3 Å². The lowest BCUT2D eigenvalue weighted by Gasteiger charge is -2.11. The molecule has 8 nitrogen and oxygen atoms in total. The smallest absolute Gasteiger partial charge is 0.416 e. The van der Waals surface area contributed by atoms with E-state index in [0.29, 0.717) is 22.9 Å². The highest BCUT2D eigenvalue weighted by Gasteiger charge is 2.30. The Hall–Kier alpha value is -4.80. The molecule has 0 atom stereocenters. The molecule has 0 aliphatic carbocycles. The summed E-state index contributed by atoms with van der Waals surface area (Å²) in [5, 5.41) is 15.7. The first-order valence-corrected chi connectivity index (χ1v) is 10.7. The Morgan fingerprint density at radius 3 is 2.53 bits per heavy atom. The van der Waals surface area contributed by atoms with Crippen LogP contribution < -0.4 is 10.1 Å². The Morgan fingerprint density at radius 2 is 1.72 bits per heavy atom. The van der Waals surface area contributed by atoms with Gasteiger partial charge in [-0.25, -0.2) is 0 Å². The topological polar surface area (TPSA) is 94.3 Å². The van der Waals surface area contributed by atoms with E-state index in [9.17, 15) is 18.0 Å². The third-order valence-corrected chi connectivity index (χ3v) is 5.17. The van der Waals surface area contributed by atoms with Crippen molar-refractivity contribution >= 4 is 17.2 Å². The van der Waals surface area contributed by atoms with E-state index in [0.717, 1.165) is 23.3 Å². The minimum atomic E-state index is -4.50. The summed E-state index contributed by atoms with van der Waals surface area (Å²) in [4.78, 5) is 16.4. The molecule has 0 aliphatic rings. The van der Waals surface area contributed by atoms with E-state index in [2.05, 4.69) is 25.6 Å². The van der Waals surface area contributed by atoms with E-state index >= 15 is 0 Å². The van der Waals surface area contributed by atoms with Gasteiger partial charge in [-0.05, 0) is 54.6 Å². The average molecular weight is 490 g/mol. The molecule has 0 aliphatic heterocycles. The van der Waals surface area contributed by atoms with Crippen LogP contribution in [0, 0.1) is 0 Å². The number of halogens is 3. The van der Waals surface area contributed by atoms with Crippen molar-refractivity contribution in [3.05, 3.63) is 90.8 Å². The summed E-state index contributed by atoms with van der Waals surface area (Å²) >= 11 is 0. The molecule has 36 heavy (non-hydrogen) atoms. The highest BCUT2D eigenvalue weighted by atomic mass is 19.4. The molecule has 0 saturated heterocycles. The Kier molecular flexibility index (Phi) is 6.03. The first-order chi connectivity index (χ1) is 17.4. The van der Waals surface area contributed by atoms with E-state index < -0.39 is 24.3 Å². The number of fused-ring (bicyclic) bond motifs is 1. The van der Waals surface area contributed by atoms with Crippen LogP contribution in [0.2, 0.25) is 0 Å². The van der Waals surface area contributed by atoms with Gasteiger partial charge in [0.2, 0.25) is 0 Å². The van der Waals surface area contributed by atoms with E-state index in [4.69, 9.17) is 4.74 Å². The summed E-state index contributed by atoms with van der Waals surface area (Å²) < 4.78 is 45.4. The third kappa shape index (κ3) is 4.99. The number of aromatic nitrogens is 5. The molecule has 0 radical (unpaired) electrons. The van der Waals surface area contributed by atoms with Crippen molar-refractivity contribution in [1.29, 1.82) is 0 Å². The van der Waals surface area contributed by atoms with Gasteiger partial charge in [0.1, 0.15) is 5.75 Å². The van der Waals surface area contributed by atoms with Crippen molar-refractivity contribution in [3.8, 4) is 28.4 Å². The lowest BCUT2D eigenvalue weighted by atomic mass is 10.1. The SMILES string of the molecule is O=C(COc1cccc(C(F)(F)F)c1)Nc1cccc(-c2ccc3nnc(-c4ccncc4)n3n2)c1. The Balaban J connectivity index is 1.31. The molecule has 3 heterocycles. The van der Waals surface area contributed by atoms with Crippen LogP contribution in [0.5, 0.6) is 5.75 Å². The number of rotatable bonds is 6. The molecule has 3 aromatic heterocycles. The Bertz CT molecular complexity index is 1540. The van der Waals surface area contributed by atoms with Crippen molar-refractivity contribution in [2.75, 3.05) is 11.9 Å². The second-order valence-corrected chi connectivity index (χ2v) is 7.69. The second-order valence-electron chi connectivity index (χ2n) is 7.69. The maximum absolute atomic E-state index is 12.9. The van der Waals surface area contributed by atoms with Gasteiger partial charge < -0.3 is 10.1 Å². The zero-order valence-electron chi connectivity index (χ0n) is 18.5. The summed E-state index contributed by atoms with van der Waals surface area (Å²) in [5.41, 5.74) is 2.35. The van der Waals surface area contributed by atoms with Crippen LogP contribution in [0.15, 0.2) is 85.2 Å². The molecule has 5 rings (SSSR count). The molecule has 1 N–H and O–H groups in total. The minimum absolute atomic E-state index is 0.0508. The summed E-state index contributed by atoms with van der Waals surface area (Å²) in [7, 11) is 0. The molecular formula is C25H17F3N6O2. The molecule has 1 amide bonds. The minimum Gasteiger partial charge on any atom is -0.484 e. The largest absolute Gasteiger partial charge is 0.484 e. The maximum atomic E-state index is 12.9. The molecule has 0 spiro atoms. The van der Waals surface area contributed by atoms with Crippen molar-refractivity contribution < 1.29 is 22.7 Å². The normalized spacial score (nSPS) is 11.4. The molecule has 0 unspecified atom stereocenters. The van der Waals surface area contributed by atoms with Gasteiger partial charge in [-0.1, -0.05) is 18.2 Å². The number of carbonyl (C=O) groups excluding carboxylic acids is 1. The van der Waals surface area contributed by atoms with Gasteiger partial charge >= 0.3 is 6.18 Å². The molecular weight excluding hydrogens is 473 g/mol. The molecule has 180 valence electrons. The lowest BCUT2D eigenvalue weighted by Crippen LogP contribution is -2.20. The van der Waals surface area contributed by atoms with E-state index in [1.54, 1.807) is 47.2 Å². The van der Waals surface area contributed by atoms with E-state index in [-0.39, 0.29) is 5.75 Å². The zero-order valence-corrected chi connectivity index (χ0v) is 18.5. The number of amides is 1.